The molecular weight excluding hydrogens is 246 g/mol. The Morgan fingerprint density at radius 3 is 2.45 bits per heavy atom. The van der Waals surface area contributed by atoms with Gasteiger partial charge in [0, 0.05) is 23.9 Å². The molecule has 2 rings (SSSR count). The minimum absolute atomic E-state index is 0.171. The predicted octanol–water partition coefficient (Wildman–Crippen LogP) is 4.50. The van der Waals surface area contributed by atoms with E-state index in [2.05, 4.69) is 56.1 Å². The number of allylic oxidation sites excluding steroid dienone is 2. The minimum atomic E-state index is 0.171. The van der Waals surface area contributed by atoms with Crippen molar-refractivity contribution in [2.75, 3.05) is 7.11 Å². The smallest absolute Gasteiger partial charge is 0.126 e. The van der Waals surface area contributed by atoms with Gasteiger partial charge >= 0.3 is 0 Å². The zero-order chi connectivity index (χ0) is 14.5. The molecule has 0 saturated carbocycles. The summed E-state index contributed by atoms with van der Waals surface area (Å²) < 4.78 is 5.48. The molecule has 1 aromatic heterocycles. The van der Waals surface area contributed by atoms with Gasteiger partial charge < -0.3 is 4.74 Å². The van der Waals surface area contributed by atoms with Crippen LogP contribution in [0.4, 0.5) is 0 Å². The molecule has 0 amide bonds. The van der Waals surface area contributed by atoms with Crippen LogP contribution in [0.2, 0.25) is 0 Å². The normalized spacial score (nSPS) is 11.8. The highest BCUT2D eigenvalue weighted by Gasteiger charge is 2.16. The number of rotatable bonds is 4. The van der Waals surface area contributed by atoms with Gasteiger partial charge in [0.25, 0.3) is 0 Å². The van der Waals surface area contributed by atoms with Gasteiger partial charge in [-0.2, -0.15) is 0 Å². The third-order valence-corrected chi connectivity index (χ3v) is 3.30. The monoisotopic (exact) mass is 267 g/mol. The Labute approximate surface area is 121 Å². The molecule has 0 radical (unpaired) electrons. The molecule has 2 heteroatoms. The first-order valence-corrected chi connectivity index (χ1v) is 6.81. The van der Waals surface area contributed by atoms with Gasteiger partial charge in [0.1, 0.15) is 5.75 Å². The van der Waals surface area contributed by atoms with Gasteiger partial charge in [0.05, 0.1) is 7.11 Å². The molecule has 1 aromatic carbocycles. The van der Waals surface area contributed by atoms with E-state index in [1.165, 1.54) is 16.7 Å². The first kappa shape index (κ1) is 14.3. The quantitative estimate of drug-likeness (QED) is 0.761. The Morgan fingerprint density at radius 2 is 1.85 bits per heavy atom. The summed E-state index contributed by atoms with van der Waals surface area (Å²) in [6, 6.07) is 10.5. The Hall–Kier alpha value is -2.09. The van der Waals surface area contributed by atoms with Gasteiger partial charge in [0.15, 0.2) is 0 Å². The van der Waals surface area contributed by atoms with Crippen LogP contribution in [0.25, 0.3) is 0 Å². The molecule has 0 unspecified atom stereocenters. The highest BCUT2D eigenvalue weighted by Crippen LogP contribution is 2.33. The molecule has 0 aliphatic heterocycles. The summed E-state index contributed by atoms with van der Waals surface area (Å²) in [6.07, 6.45) is 5.91. The van der Waals surface area contributed by atoms with E-state index in [4.69, 9.17) is 4.74 Å². The molecule has 0 saturated heterocycles. The largest absolute Gasteiger partial charge is 0.496 e. The van der Waals surface area contributed by atoms with Crippen molar-refractivity contribution in [3.63, 3.8) is 0 Å². The van der Waals surface area contributed by atoms with E-state index in [-0.39, 0.29) is 5.92 Å². The molecule has 0 bridgehead atoms. The summed E-state index contributed by atoms with van der Waals surface area (Å²) in [5.74, 6) is 1.05. The second-order valence-electron chi connectivity index (χ2n) is 5.25. The molecule has 0 N–H and O–H groups in total. The Balaban J connectivity index is 2.53. The average molecular weight is 267 g/mol. The van der Waals surface area contributed by atoms with Gasteiger partial charge in [0.2, 0.25) is 0 Å². The maximum Gasteiger partial charge on any atom is 0.126 e. The van der Waals surface area contributed by atoms with Crippen molar-refractivity contribution in [1.82, 2.24) is 4.98 Å². The van der Waals surface area contributed by atoms with E-state index in [1.54, 1.807) is 13.3 Å². The van der Waals surface area contributed by atoms with Crippen LogP contribution in [0.3, 0.4) is 0 Å². The summed E-state index contributed by atoms with van der Waals surface area (Å²) in [5.41, 5.74) is 4.90. The molecular formula is C18H21NO. The van der Waals surface area contributed by atoms with Gasteiger partial charge in [-0.05, 0) is 32.4 Å². The molecule has 0 fully saturated rings. The topological polar surface area (TPSA) is 22.1 Å². The van der Waals surface area contributed by atoms with E-state index in [9.17, 15) is 0 Å². The summed E-state index contributed by atoms with van der Waals surface area (Å²) in [6.45, 7) is 6.33. The summed E-state index contributed by atoms with van der Waals surface area (Å²) in [7, 11) is 1.70. The number of benzene rings is 1. The summed E-state index contributed by atoms with van der Waals surface area (Å²) >= 11 is 0. The van der Waals surface area contributed by atoms with Crippen molar-refractivity contribution in [2.24, 2.45) is 0 Å². The molecule has 2 nitrogen and oxygen atoms in total. The molecule has 2 aromatic rings. The first-order chi connectivity index (χ1) is 9.61. The highest BCUT2D eigenvalue weighted by molar-refractivity contribution is 5.44. The lowest BCUT2D eigenvalue weighted by Crippen LogP contribution is -2.02. The number of ether oxygens (including phenoxy) is 1. The van der Waals surface area contributed by atoms with Crippen LogP contribution in [0.15, 0.2) is 54.4 Å². The fraction of sp³-hybridized carbons (Fsp3) is 0.278. The van der Waals surface area contributed by atoms with Crippen molar-refractivity contribution in [1.29, 1.82) is 0 Å². The Bertz CT molecular complexity index is 595. The fourth-order valence-corrected chi connectivity index (χ4v) is 2.29. The first-order valence-electron chi connectivity index (χ1n) is 6.81. The number of methoxy groups -OCH3 is 1. The lowest BCUT2D eigenvalue weighted by Gasteiger charge is -2.17. The van der Waals surface area contributed by atoms with Crippen molar-refractivity contribution in [2.45, 2.75) is 26.7 Å². The van der Waals surface area contributed by atoms with E-state index in [1.807, 2.05) is 12.3 Å². The number of hydrogen-bond donors (Lipinski definition) is 0. The SMILES string of the molecule is COc1ccncc1[C@@H](C=C(C)C)c1ccc(C)cc1. The van der Waals surface area contributed by atoms with Crippen LogP contribution in [-0.2, 0) is 0 Å². The third-order valence-electron chi connectivity index (χ3n) is 3.30. The Morgan fingerprint density at radius 1 is 1.15 bits per heavy atom. The molecule has 20 heavy (non-hydrogen) atoms. The highest BCUT2D eigenvalue weighted by atomic mass is 16.5. The van der Waals surface area contributed by atoms with Gasteiger partial charge in [-0.1, -0.05) is 41.5 Å². The lowest BCUT2D eigenvalue weighted by atomic mass is 9.89. The third kappa shape index (κ3) is 3.27. The van der Waals surface area contributed by atoms with Gasteiger partial charge in [-0.3, -0.25) is 4.98 Å². The van der Waals surface area contributed by atoms with Crippen molar-refractivity contribution < 1.29 is 4.74 Å². The number of aromatic nitrogens is 1. The molecule has 104 valence electrons. The maximum atomic E-state index is 5.48. The van der Waals surface area contributed by atoms with Gasteiger partial charge in [-0.25, -0.2) is 0 Å². The standard InChI is InChI=1S/C18H21NO/c1-13(2)11-16(15-7-5-14(3)6-8-15)17-12-19-10-9-18(17)20-4/h5-12,16H,1-4H3/t16-/m0/s1. The number of pyridine rings is 1. The zero-order valence-electron chi connectivity index (χ0n) is 12.6. The van der Waals surface area contributed by atoms with Crippen molar-refractivity contribution in [3.05, 3.63) is 71.1 Å². The molecule has 0 spiro atoms. The molecule has 1 heterocycles. The van der Waals surface area contributed by atoms with Crippen LogP contribution in [0.1, 0.15) is 36.5 Å². The number of aryl methyl sites for hydroxylation is 1. The lowest BCUT2D eigenvalue weighted by molar-refractivity contribution is 0.408. The summed E-state index contributed by atoms with van der Waals surface area (Å²) in [4.78, 5) is 4.26. The van der Waals surface area contributed by atoms with E-state index >= 15 is 0 Å². The van der Waals surface area contributed by atoms with Crippen molar-refractivity contribution >= 4 is 0 Å². The average Bonchev–Trinajstić information content (AvgIpc) is 2.45. The van der Waals surface area contributed by atoms with Crippen LogP contribution in [0, 0.1) is 6.92 Å². The zero-order valence-corrected chi connectivity index (χ0v) is 12.6. The van der Waals surface area contributed by atoms with Crippen LogP contribution >= 0.6 is 0 Å². The van der Waals surface area contributed by atoms with Crippen LogP contribution in [0.5, 0.6) is 5.75 Å². The molecule has 1 atom stereocenters. The van der Waals surface area contributed by atoms with E-state index in [0.717, 1.165) is 11.3 Å². The molecule has 0 aliphatic rings. The maximum absolute atomic E-state index is 5.48. The number of nitrogens with zero attached hydrogens (tertiary/aromatic N) is 1. The summed E-state index contributed by atoms with van der Waals surface area (Å²) in [5, 5.41) is 0. The second kappa shape index (κ2) is 6.38. The Kier molecular flexibility index (Phi) is 4.57. The minimum Gasteiger partial charge on any atom is -0.496 e. The van der Waals surface area contributed by atoms with Crippen LogP contribution < -0.4 is 4.74 Å². The van der Waals surface area contributed by atoms with E-state index < -0.39 is 0 Å². The number of hydrogen-bond acceptors (Lipinski definition) is 2. The van der Waals surface area contributed by atoms with E-state index in [0.29, 0.717) is 0 Å². The fourth-order valence-electron chi connectivity index (χ4n) is 2.29. The predicted molar refractivity (Wildman–Crippen MR) is 83.2 cm³/mol. The van der Waals surface area contributed by atoms with Crippen LogP contribution in [-0.4, -0.2) is 12.1 Å². The second-order valence-corrected chi connectivity index (χ2v) is 5.25. The molecule has 0 aliphatic carbocycles. The van der Waals surface area contributed by atoms with Crippen molar-refractivity contribution in [3.8, 4) is 5.75 Å². The van der Waals surface area contributed by atoms with Gasteiger partial charge in [-0.15, -0.1) is 0 Å².